The van der Waals surface area contributed by atoms with Crippen LogP contribution in [0, 0.1) is 16.2 Å². The molecule has 0 aromatic heterocycles. The molecule has 0 bridgehead atoms. The van der Waals surface area contributed by atoms with Crippen LogP contribution < -0.4 is 5.32 Å². The smallest absolute Gasteiger partial charge is 0.271 e. The van der Waals surface area contributed by atoms with Crippen molar-refractivity contribution >= 4 is 34.1 Å². The summed E-state index contributed by atoms with van der Waals surface area (Å²) in [5.41, 5.74) is 1.19. The molecular formula is C19H13N2O3. The lowest BCUT2D eigenvalue weighted by Gasteiger charge is -2.03. The maximum atomic E-state index is 12.0. The topological polar surface area (TPSA) is 72.2 Å². The number of non-ortho nitro benzene ring substituents is 1. The molecule has 5 heteroatoms. The first kappa shape index (κ1) is 15.4. The van der Waals surface area contributed by atoms with Gasteiger partial charge in [0.2, 0.25) is 5.91 Å². The van der Waals surface area contributed by atoms with Crippen molar-refractivity contribution in [2.45, 2.75) is 0 Å². The van der Waals surface area contributed by atoms with Crippen LogP contribution in [0.2, 0.25) is 0 Å². The van der Waals surface area contributed by atoms with Gasteiger partial charge in [-0.05, 0) is 46.7 Å². The van der Waals surface area contributed by atoms with Gasteiger partial charge >= 0.3 is 0 Å². The summed E-state index contributed by atoms with van der Waals surface area (Å²) in [5.74, 6) is -0.358. The molecule has 3 rings (SSSR count). The van der Waals surface area contributed by atoms with Gasteiger partial charge in [0.1, 0.15) is 0 Å². The van der Waals surface area contributed by atoms with Crippen LogP contribution in [0.15, 0.2) is 66.7 Å². The van der Waals surface area contributed by atoms with Crippen LogP contribution in [0.25, 0.3) is 16.8 Å². The van der Waals surface area contributed by atoms with E-state index in [-0.39, 0.29) is 11.6 Å². The molecule has 0 aliphatic carbocycles. The van der Waals surface area contributed by atoms with Crippen LogP contribution in [-0.4, -0.2) is 10.8 Å². The molecule has 117 valence electrons. The first-order valence-corrected chi connectivity index (χ1v) is 7.26. The Hall–Kier alpha value is -3.47. The Kier molecular flexibility index (Phi) is 4.34. The molecule has 0 saturated carbocycles. The van der Waals surface area contributed by atoms with Crippen LogP contribution in [0.5, 0.6) is 0 Å². The molecule has 1 amide bonds. The lowest BCUT2D eigenvalue weighted by atomic mass is 10.0. The molecular weight excluding hydrogens is 304 g/mol. The van der Waals surface area contributed by atoms with E-state index in [1.165, 1.54) is 24.3 Å². The molecule has 3 aromatic rings. The minimum Gasteiger partial charge on any atom is -0.322 e. The summed E-state index contributed by atoms with van der Waals surface area (Å²) in [4.78, 5) is 22.3. The monoisotopic (exact) mass is 317 g/mol. The molecule has 0 aliphatic rings. The number of anilines is 1. The number of benzene rings is 3. The summed E-state index contributed by atoms with van der Waals surface area (Å²) in [5, 5.41) is 15.4. The molecule has 1 radical (unpaired) electrons. The van der Waals surface area contributed by atoms with Gasteiger partial charge in [0, 0.05) is 23.9 Å². The highest BCUT2D eigenvalue weighted by Crippen LogP contribution is 2.20. The largest absolute Gasteiger partial charge is 0.322 e. The number of carbonyl (C=O) groups excluding carboxylic acids is 1. The van der Waals surface area contributed by atoms with Gasteiger partial charge < -0.3 is 5.32 Å². The number of nitro benzene ring substituents is 1. The van der Waals surface area contributed by atoms with Gasteiger partial charge in [-0.25, -0.2) is 0 Å². The van der Waals surface area contributed by atoms with Gasteiger partial charge in [-0.15, -0.1) is 0 Å². The van der Waals surface area contributed by atoms with Gasteiger partial charge in [0.05, 0.1) is 4.92 Å². The van der Waals surface area contributed by atoms with Crippen molar-refractivity contribution in [1.29, 1.82) is 0 Å². The fraction of sp³-hybridized carbons (Fsp3) is 0. The Morgan fingerprint density at radius 2 is 1.96 bits per heavy atom. The van der Waals surface area contributed by atoms with E-state index in [9.17, 15) is 14.9 Å². The predicted octanol–water partition coefficient (Wildman–Crippen LogP) is 4.20. The highest BCUT2D eigenvalue weighted by Gasteiger charge is 2.06. The summed E-state index contributed by atoms with van der Waals surface area (Å²) < 4.78 is 0. The highest BCUT2D eigenvalue weighted by atomic mass is 16.6. The summed E-state index contributed by atoms with van der Waals surface area (Å²) >= 11 is 0. The first-order valence-electron chi connectivity index (χ1n) is 7.26. The van der Waals surface area contributed by atoms with Crippen LogP contribution in [0.4, 0.5) is 11.4 Å². The van der Waals surface area contributed by atoms with Crippen molar-refractivity contribution < 1.29 is 9.72 Å². The maximum absolute atomic E-state index is 12.0. The van der Waals surface area contributed by atoms with Crippen molar-refractivity contribution in [2.75, 3.05) is 5.32 Å². The number of hydrogen-bond donors (Lipinski definition) is 1. The Labute approximate surface area is 138 Å². The molecule has 0 unspecified atom stereocenters. The lowest BCUT2D eigenvalue weighted by Crippen LogP contribution is -2.07. The van der Waals surface area contributed by atoms with E-state index in [2.05, 4.69) is 11.4 Å². The van der Waals surface area contributed by atoms with E-state index >= 15 is 0 Å². The van der Waals surface area contributed by atoms with Crippen LogP contribution >= 0.6 is 0 Å². The standard InChI is InChI=1S/C19H13N2O3/c22-19(20-16-8-4-9-17(13-16)21(23)24)12-11-15-7-3-6-14-5-1-2-10-18(14)15/h1-2,4-13H,(H,20,22). The van der Waals surface area contributed by atoms with Crippen molar-refractivity contribution in [1.82, 2.24) is 0 Å². The average Bonchev–Trinajstić information content (AvgIpc) is 2.60. The fourth-order valence-corrected chi connectivity index (χ4v) is 2.37. The molecule has 0 fully saturated rings. The summed E-state index contributed by atoms with van der Waals surface area (Å²) in [7, 11) is 0. The number of rotatable bonds is 4. The maximum Gasteiger partial charge on any atom is 0.271 e. The summed E-state index contributed by atoms with van der Waals surface area (Å²) in [6.07, 6.45) is 3.10. The van der Waals surface area contributed by atoms with Crippen LogP contribution in [0.3, 0.4) is 0 Å². The Balaban J connectivity index is 1.78. The zero-order valence-corrected chi connectivity index (χ0v) is 12.6. The van der Waals surface area contributed by atoms with Gasteiger partial charge in [-0.2, -0.15) is 0 Å². The van der Waals surface area contributed by atoms with Gasteiger partial charge in [-0.1, -0.05) is 30.3 Å². The lowest BCUT2D eigenvalue weighted by molar-refractivity contribution is -0.384. The normalized spacial score (nSPS) is 10.8. The molecule has 0 aliphatic heterocycles. The van der Waals surface area contributed by atoms with Gasteiger partial charge in [-0.3, -0.25) is 14.9 Å². The quantitative estimate of drug-likeness (QED) is 0.445. The van der Waals surface area contributed by atoms with E-state index in [1.54, 1.807) is 18.2 Å². The number of hydrogen-bond acceptors (Lipinski definition) is 3. The van der Waals surface area contributed by atoms with E-state index < -0.39 is 4.92 Å². The van der Waals surface area contributed by atoms with Gasteiger partial charge in [0.25, 0.3) is 5.69 Å². The molecule has 0 saturated heterocycles. The molecule has 0 atom stereocenters. The van der Waals surface area contributed by atoms with Crippen LogP contribution in [0.1, 0.15) is 5.56 Å². The molecule has 5 nitrogen and oxygen atoms in total. The third kappa shape index (κ3) is 3.47. The van der Waals surface area contributed by atoms with Crippen molar-refractivity contribution in [3.8, 4) is 0 Å². The predicted molar refractivity (Wildman–Crippen MR) is 93.5 cm³/mol. The van der Waals surface area contributed by atoms with Crippen molar-refractivity contribution in [3.63, 3.8) is 0 Å². The summed E-state index contributed by atoms with van der Waals surface area (Å²) in [6.45, 7) is 0. The van der Waals surface area contributed by atoms with Gasteiger partial charge in [0.15, 0.2) is 0 Å². The zero-order valence-electron chi connectivity index (χ0n) is 12.6. The zero-order chi connectivity index (χ0) is 16.9. The van der Waals surface area contributed by atoms with E-state index in [0.717, 1.165) is 16.3 Å². The highest BCUT2D eigenvalue weighted by molar-refractivity contribution is 6.03. The molecule has 0 spiro atoms. The number of nitro groups is 1. The minimum atomic E-state index is -0.503. The number of nitrogens with one attached hydrogen (secondary N) is 1. The first-order chi connectivity index (χ1) is 11.6. The van der Waals surface area contributed by atoms with E-state index in [0.29, 0.717) is 5.69 Å². The second-order valence-corrected chi connectivity index (χ2v) is 5.13. The van der Waals surface area contributed by atoms with Crippen molar-refractivity contribution in [2.24, 2.45) is 0 Å². The molecule has 3 aromatic carbocycles. The number of fused-ring (bicyclic) bond motifs is 1. The molecule has 0 heterocycles. The van der Waals surface area contributed by atoms with E-state index in [4.69, 9.17) is 0 Å². The van der Waals surface area contributed by atoms with Crippen LogP contribution in [-0.2, 0) is 4.79 Å². The number of carbonyl (C=O) groups is 1. The van der Waals surface area contributed by atoms with E-state index in [1.807, 2.05) is 30.3 Å². The fourth-order valence-electron chi connectivity index (χ4n) is 2.37. The van der Waals surface area contributed by atoms with Crippen molar-refractivity contribution in [3.05, 3.63) is 88.5 Å². The summed E-state index contributed by atoms with van der Waals surface area (Å²) in [6, 6.07) is 20.4. The third-order valence-corrected chi connectivity index (χ3v) is 3.49. The minimum absolute atomic E-state index is 0.0690. The average molecular weight is 317 g/mol. The second kappa shape index (κ2) is 6.75. The third-order valence-electron chi connectivity index (χ3n) is 3.49. The number of nitrogens with zero attached hydrogens (tertiary/aromatic N) is 1. The Morgan fingerprint density at radius 3 is 2.79 bits per heavy atom. The molecule has 24 heavy (non-hydrogen) atoms. The molecule has 1 N–H and O–H groups in total. The Bertz CT molecular complexity index is 943. The Morgan fingerprint density at radius 1 is 1.12 bits per heavy atom. The number of amides is 1. The SMILES string of the molecule is O=C(C=Cc1c[c]cc2ccccc12)Nc1cccc([N+](=O)[O-])c1. The second-order valence-electron chi connectivity index (χ2n) is 5.13.